The number of hydrogen-bond donors (Lipinski definition) is 1. The fraction of sp³-hybridized carbons (Fsp3) is 0.300. The second kappa shape index (κ2) is 7.13. The summed E-state index contributed by atoms with van der Waals surface area (Å²) in [6, 6.07) is 14.2. The first kappa shape index (κ1) is 18.5. The van der Waals surface area contributed by atoms with Crippen molar-refractivity contribution in [3.8, 4) is 11.1 Å². The predicted molar refractivity (Wildman–Crippen MR) is 107 cm³/mol. The summed E-state index contributed by atoms with van der Waals surface area (Å²) in [6.07, 6.45) is 3.27. The molecule has 0 amide bonds. The summed E-state index contributed by atoms with van der Waals surface area (Å²) < 4.78 is 33.2. The van der Waals surface area contributed by atoms with Crippen molar-refractivity contribution in [2.45, 2.75) is 19.9 Å². The summed E-state index contributed by atoms with van der Waals surface area (Å²) in [5.41, 5.74) is 4.99. The minimum atomic E-state index is -3.32. The van der Waals surface area contributed by atoms with Crippen molar-refractivity contribution in [2.75, 3.05) is 24.7 Å². The van der Waals surface area contributed by atoms with Gasteiger partial charge in [-0.2, -0.15) is 0 Å². The number of ether oxygens (including phenoxy) is 1. The Morgan fingerprint density at radius 1 is 1.15 bits per heavy atom. The van der Waals surface area contributed by atoms with E-state index in [-0.39, 0.29) is 6.04 Å². The summed E-state index contributed by atoms with van der Waals surface area (Å²) in [6.45, 7) is 4.72. The van der Waals surface area contributed by atoms with Gasteiger partial charge in [-0.3, -0.25) is 4.72 Å². The van der Waals surface area contributed by atoms with Crippen LogP contribution in [0.3, 0.4) is 0 Å². The highest BCUT2D eigenvalue weighted by Gasteiger charge is 2.15. The van der Waals surface area contributed by atoms with Crippen LogP contribution in [0.2, 0.25) is 0 Å². The molecule has 2 aromatic carbocycles. The number of fused-ring (bicyclic) bond motifs is 1. The van der Waals surface area contributed by atoms with Crippen LogP contribution < -0.4 is 4.72 Å². The molecule has 0 aliphatic carbocycles. The summed E-state index contributed by atoms with van der Waals surface area (Å²) in [4.78, 5) is 0. The van der Waals surface area contributed by atoms with Crippen LogP contribution in [0.5, 0.6) is 0 Å². The summed E-state index contributed by atoms with van der Waals surface area (Å²) in [7, 11) is -1.64. The number of anilines is 1. The van der Waals surface area contributed by atoms with Crippen LogP contribution in [-0.2, 0) is 14.8 Å². The van der Waals surface area contributed by atoms with Gasteiger partial charge in [0.05, 0.1) is 30.1 Å². The molecule has 0 saturated carbocycles. The lowest BCUT2D eigenvalue weighted by Crippen LogP contribution is -2.11. The highest BCUT2D eigenvalue weighted by atomic mass is 32.2. The van der Waals surface area contributed by atoms with Gasteiger partial charge in [-0.15, -0.1) is 0 Å². The maximum absolute atomic E-state index is 11.6. The Hall–Kier alpha value is -2.31. The minimum Gasteiger partial charge on any atom is -0.383 e. The Balaban J connectivity index is 2.18. The molecule has 0 fully saturated rings. The maximum atomic E-state index is 11.6. The second-order valence-electron chi connectivity index (χ2n) is 6.73. The third kappa shape index (κ3) is 3.92. The van der Waals surface area contributed by atoms with Gasteiger partial charge in [-0.05, 0) is 31.5 Å². The molecular weight excluding hydrogens is 348 g/mol. The molecule has 0 radical (unpaired) electrons. The van der Waals surface area contributed by atoms with Crippen molar-refractivity contribution < 1.29 is 13.2 Å². The van der Waals surface area contributed by atoms with Crippen molar-refractivity contribution in [1.29, 1.82) is 0 Å². The third-order valence-corrected chi connectivity index (χ3v) is 4.99. The molecule has 3 aromatic rings. The first-order valence-electron chi connectivity index (χ1n) is 8.47. The first-order valence-corrected chi connectivity index (χ1v) is 10.4. The molecule has 0 spiro atoms. The fourth-order valence-corrected chi connectivity index (χ4v) is 3.73. The largest absolute Gasteiger partial charge is 0.383 e. The van der Waals surface area contributed by atoms with Crippen molar-refractivity contribution in [3.63, 3.8) is 0 Å². The van der Waals surface area contributed by atoms with E-state index in [1.165, 1.54) is 5.56 Å². The highest BCUT2D eigenvalue weighted by molar-refractivity contribution is 7.92. The van der Waals surface area contributed by atoms with Gasteiger partial charge in [0.1, 0.15) is 0 Å². The van der Waals surface area contributed by atoms with Crippen molar-refractivity contribution in [1.82, 2.24) is 4.57 Å². The maximum Gasteiger partial charge on any atom is 0.229 e. The molecule has 1 aromatic heterocycles. The number of sulfonamides is 1. The molecule has 0 aliphatic heterocycles. The number of hydrogen-bond acceptors (Lipinski definition) is 3. The Morgan fingerprint density at radius 2 is 1.85 bits per heavy atom. The van der Waals surface area contributed by atoms with Crippen LogP contribution in [0.1, 0.15) is 18.5 Å². The van der Waals surface area contributed by atoms with E-state index in [9.17, 15) is 8.42 Å². The van der Waals surface area contributed by atoms with E-state index in [1.807, 2.05) is 12.1 Å². The molecule has 0 saturated heterocycles. The Kier molecular flexibility index (Phi) is 5.07. The summed E-state index contributed by atoms with van der Waals surface area (Å²) >= 11 is 0. The molecule has 6 heteroatoms. The average molecular weight is 372 g/mol. The van der Waals surface area contributed by atoms with Gasteiger partial charge < -0.3 is 9.30 Å². The second-order valence-corrected chi connectivity index (χ2v) is 8.48. The molecule has 0 aliphatic rings. The Labute approximate surface area is 154 Å². The standard InChI is InChI=1S/C20H24N2O3S/c1-14-5-7-16(8-6-14)19-12-22(15(2)13-25-3)20-11-17(9-10-18(19)20)21-26(4,23)24/h5-12,15,21H,13H2,1-4H3/t15-/m0/s1. The van der Waals surface area contributed by atoms with Crippen molar-refractivity contribution >= 4 is 26.6 Å². The zero-order valence-corrected chi connectivity index (χ0v) is 16.3. The molecular formula is C20H24N2O3S. The molecule has 26 heavy (non-hydrogen) atoms. The van der Waals surface area contributed by atoms with Crippen LogP contribution in [0.25, 0.3) is 22.0 Å². The normalized spacial score (nSPS) is 13.1. The van der Waals surface area contributed by atoms with Crippen LogP contribution in [-0.4, -0.2) is 33.0 Å². The van der Waals surface area contributed by atoms with E-state index >= 15 is 0 Å². The Morgan fingerprint density at radius 3 is 2.46 bits per heavy atom. The molecule has 1 N–H and O–H groups in total. The average Bonchev–Trinajstić information content (AvgIpc) is 2.93. The lowest BCUT2D eigenvalue weighted by Gasteiger charge is -2.14. The minimum absolute atomic E-state index is 0.121. The summed E-state index contributed by atoms with van der Waals surface area (Å²) in [5.74, 6) is 0. The van der Waals surface area contributed by atoms with Crippen molar-refractivity contribution in [2.24, 2.45) is 0 Å². The first-order chi connectivity index (χ1) is 12.3. The molecule has 3 rings (SSSR count). The van der Waals surface area contributed by atoms with Gasteiger partial charge in [0, 0.05) is 24.3 Å². The van der Waals surface area contributed by atoms with E-state index in [0.717, 1.165) is 28.3 Å². The van der Waals surface area contributed by atoms with Crippen LogP contribution in [0, 0.1) is 6.92 Å². The van der Waals surface area contributed by atoms with Gasteiger partial charge in [-0.25, -0.2) is 8.42 Å². The van der Waals surface area contributed by atoms with Gasteiger partial charge in [0.25, 0.3) is 0 Å². The lowest BCUT2D eigenvalue weighted by atomic mass is 10.0. The fourth-order valence-electron chi connectivity index (χ4n) is 3.18. The van der Waals surface area contributed by atoms with E-state index < -0.39 is 10.0 Å². The predicted octanol–water partition coefficient (Wildman–Crippen LogP) is 4.20. The smallest absolute Gasteiger partial charge is 0.229 e. The topological polar surface area (TPSA) is 60.3 Å². The van der Waals surface area contributed by atoms with Gasteiger partial charge in [-0.1, -0.05) is 35.9 Å². The zero-order valence-electron chi connectivity index (χ0n) is 15.5. The molecule has 0 bridgehead atoms. The van der Waals surface area contributed by atoms with Crippen LogP contribution in [0.15, 0.2) is 48.7 Å². The number of nitrogens with one attached hydrogen (secondary N) is 1. The summed E-state index contributed by atoms with van der Waals surface area (Å²) in [5, 5.41) is 1.08. The van der Waals surface area contributed by atoms with Gasteiger partial charge in [0.15, 0.2) is 0 Å². The Bertz CT molecular complexity index is 1020. The molecule has 138 valence electrons. The highest BCUT2D eigenvalue weighted by Crippen LogP contribution is 2.34. The monoisotopic (exact) mass is 372 g/mol. The van der Waals surface area contributed by atoms with E-state index in [0.29, 0.717) is 12.3 Å². The molecule has 0 unspecified atom stereocenters. The number of aromatic nitrogens is 1. The van der Waals surface area contributed by atoms with Gasteiger partial charge >= 0.3 is 0 Å². The van der Waals surface area contributed by atoms with E-state index in [4.69, 9.17) is 4.74 Å². The van der Waals surface area contributed by atoms with Gasteiger partial charge in [0.2, 0.25) is 10.0 Å². The van der Waals surface area contributed by atoms with E-state index in [2.05, 4.69) is 53.6 Å². The SMILES string of the molecule is COC[C@H](C)n1cc(-c2ccc(C)cc2)c2ccc(NS(C)(=O)=O)cc21. The zero-order chi connectivity index (χ0) is 18.9. The van der Waals surface area contributed by atoms with Crippen molar-refractivity contribution in [3.05, 3.63) is 54.2 Å². The number of aryl methyl sites for hydroxylation is 1. The van der Waals surface area contributed by atoms with Crippen LogP contribution in [0.4, 0.5) is 5.69 Å². The lowest BCUT2D eigenvalue weighted by molar-refractivity contribution is 0.164. The molecule has 1 heterocycles. The molecule has 1 atom stereocenters. The van der Waals surface area contributed by atoms with E-state index in [1.54, 1.807) is 13.2 Å². The number of methoxy groups -OCH3 is 1. The third-order valence-electron chi connectivity index (χ3n) is 4.38. The van der Waals surface area contributed by atoms with Crippen LogP contribution >= 0.6 is 0 Å². The number of benzene rings is 2. The number of nitrogens with zero attached hydrogens (tertiary/aromatic N) is 1. The quantitative estimate of drug-likeness (QED) is 0.705. The number of rotatable bonds is 6. The molecule has 5 nitrogen and oxygen atoms in total.